The Kier molecular flexibility index (Phi) is 3.43. The summed E-state index contributed by atoms with van der Waals surface area (Å²) < 4.78 is 6.25. The summed E-state index contributed by atoms with van der Waals surface area (Å²) in [6.45, 7) is 2.19. The molecule has 1 rings (SSSR count). The summed E-state index contributed by atoms with van der Waals surface area (Å²) in [4.78, 5) is 21.3. The van der Waals surface area contributed by atoms with E-state index < -0.39 is 10.9 Å². The van der Waals surface area contributed by atoms with E-state index >= 15 is 0 Å². The van der Waals surface area contributed by atoms with Crippen LogP contribution >= 0.6 is 0 Å². The second kappa shape index (κ2) is 4.59. The summed E-state index contributed by atoms with van der Waals surface area (Å²) in [5.41, 5.74) is 0.0797. The van der Waals surface area contributed by atoms with Crippen LogP contribution in [-0.2, 0) is 11.8 Å². The highest BCUT2D eigenvalue weighted by Gasteiger charge is 2.18. The zero-order chi connectivity index (χ0) is 11.4. The van der Waals surface area contributed by atoms with Crippen LogP contribution in [0.1, 0.15) is 23.8 Å². The van der Waals surface area contributed by atoms with Crippen molar-refractivity contribution in [2.24, 2.45) is 7.05 Å². The molecule has 0 saturated heterocycles. The maximum atomic E-state index is 11.4. The number of nitro groups is 1. The molecule has 0 amide bonds. The zero-order valence-electron chi connectivity index (χ0n) is 8.60. The first-order valence-electron chi connectivity index (χ1n) is 4.54. The van der Waals surface area contributed by atoms with Gasteiger partial charge in [0, 0.05) is 13.1 Å². The Morgan fingerprint density at radius 2 is 2.33 bits per heavy atom. The Bertz CT molecular complexity index is 383. The lowest BCUT2D eigenvalue weighted by molar-refractivity contribution is -0.384. The molecule has 0 saturated carbocycles. The summed E-state index contributed by atoms with van der Waals surface area (Å²) in [5, 5.41) is 10.4. The van der Waals surface area contributed by atoms with Crippen LogP contribution in [0.25, 0.3) is 0 Å². The molecule has 0 aliphatic carbocycles. The van der Waals surface area contributed by atoms with Crippen molar-refractivity contribution >= 4 is 11.7 Å². The Balaban J connectivity index is 2.85. The average molecular weight is 212 g/mol. The van der Waals surface area contributed by atoms with Crippen LogP contribution in [0, 0.1) is 10.1 Å². The molecule has 0 atom stereocenters. The Morgan fingerprint density at radius 3 is 2.80 bits per heavy atom. The monoisotopic (exact) mass is 212 g/mol. The molecule has 1 aromatic heterocycles. The largest absolute Gasteiger partial charge is 0.461 e. The summed E-state index contributed by atoms with van der Waals surface area (Å²) in [6.07, 6.45) is 2.00. The molecule has 1 heterocycles. The maximum Gasteiger partial charge on any atom is 0.355 e. The van der Waals surface area contributed by atoms with E-state index in [0.29, 0.717) is 6.61 Å². The van der Waals surface area contributed by atoms with E-state index in [1.165, 1.54) is 16.8 Å². The number of rotatable bonds is 4. The predicted octanol–water partition coefficient (Wildman–Crippen LogP) is 1.50. The van der Waals surface area contributed by atoms with Crippen LogP contribution in [0.15, 0.2) is 12.3 Å². The van der Waals surface area contributed by atoms with Gasteiger partial charge in [-0.2, -0.15) is 0 Å². The normalized spacial score (nSPS) is 10.0. The van der Waals surface area contributed by atoms with Crippen LogP contribution < -0.4 is 0 Å². The van der Waals surface area contributed by atoms with E-state index in [9.17, 15) is 14.9 Å². The molecule has 0 aliphatic heterocycles. The molecular formula is C9H12N2O4. The van der Waals surface area contributed by atoms with Gasteiger partial charge in [-0.1, -0.05) is 6.92 Å². The third-order valence-electron chi connectivity index (χ3n) is 1.85. The second-order valence-corrected chi connectivity index (χ2v) is 3.09. The van der Waals surface area contributed by atoms with Gasteiger partial charge in [0.25, 0.3) is 5.69 Å². The lowest BCUT2D eigenvalue weighted by Crippen LogP contribution is -2.09. The van der Waals surface area contributed by atoms with Crippen LogP contribution in [0.4, 0.5) is 5.69 Å². The van der Waals surface area contributed by atoms with Gasteiger partial charge in [-0.25, -0.2) is 4.79 Å². The number of aromatic nitrogens is 1. The summed E-state index contributed by atoms with van der Waals surface area (Å²) in [7, 11) is 1.57. The number of hydrogen-bond donors (Lipinski definition) is 0. The van der Waals surface area contributed by atoms with Crippen molar-refractivity contribution in [1.82, 2.24) is 4.57 Å². The van der Waals surface area contributed by atoms with Gasteiger partial charge >= 0.3 is 5.97 Å². The minimum absolute atomic E-state index is 0.110. The van der Waals surface area contributed by atoms with Crippen molar-refractivity contribution in [2.75, 3.05) is 6.61 Å². The molecule has 0 radical (unpaired) electrons. The lowest BCUT2D eigenvalue weighted by atomic mass is 10.4. The minimum Gasteiger partial charge on any atom is -0.461 e. The van der Waals surface area contributed by atoms with Crippen molar-refractivity contribution in [3.05, 3.63) is 28.1 Å². The summed E-state index contributed by atoms with van der Waals surface area (Å²) in [6, 6.07) is 1.21. The molecule has 82 valence electrons. The van der Waals surface area contributed by atoms with Gasteiger partial charge in [-0.05, 0) is 6.42 Å². The molecule has 0 unspecified atom stereocenters. The summed E-state index contributed by atoms with van der Waals surface area (Å²) in [5.74, 6) is -0.535. The van der Waals surface area contributed by atoms with E-state index in [-0.39, 0.29) is 11.4 Å². The number of hydrogen-bond acceptors (Lipinski definition) is 4. The van der Waals surface area contributed by atoms with Crippen molar-refractivity contribution < 1.29 is 14.5 Å². The second-order valence-electron chi connectivity index (χ2n) is 3.09. The van der Waals surface area contributed by atoms with Gasteiger partial charge in [-0.3, -0.25) is 10.1 Å². The third-order valence-corrected chi connectivity index (χ3v) is 1.85. The fourth-order valence-electron chi connectivity index (χ4n) is 1.12. The molecule has 0 spiro atoms. The van der Waals surface area contributed by atoms with Crippen LogP contribution in [0.5, 0.6) is 0 Å². The molecule has 6 heteroatoms. The molecule has 6 nitrogen and oxygen atoms in total. The molecule has 1 aromatic rings. The number of ether oxygens (including phenoxy) is 1. The van der Waals surface area contributed by atoms with E-state index in [2.05, 4.69) is 0 Å². The van der Waals surface area contributed by atoms with E-state index in [0.717, 1.165) is 6.42 Å². The Morgan fingerprint density at radius 1 is 1.67 bits per heavy atom. The first-order chi connectivity index (χ1) is 7.06. The Hall–Kier alpha value is -1.85. The van der Waals surface area contributed by atoms with Crippen molar-refractivity contribution in [3.8, 4) is 0 Å². The smallest absolute Gasteiger partial charge is 0.355 e. The van der Waals surface area contributed by atoms with Gasteiger partial charge in [-0.15, -0.1) is 0 Å². The molecule has 0 fully saturated rings. The number of nitrogens with zero attached hydrogens (tertiary/aromatic N) is 2. The van der Waals surface area contributed by atoms with Crippen molar-refractivity contribution in [3.63, 3.8) is 0 Å². The topological polar surface area (TPSA) is 74.4 Å². The van der Waals surface area contributed by atoms with Gasteiger partial charge in [0.2, 0.25) is 0 Å². The highest BCUT2D eigenvalue weighted by molar-refractivity contribution is 5.88. The van der Waals surface area contributed by atoms with Crippen LogP contribution in [0.2, 0.25) is 0 Å². The zero-order valence-corrected chi connectivity index (χ0v) is 8.60. The van der Waals surface area contributed by atoms with E-state index in [1.54, 1.807) is 7.05 Å². The highest BCUT2D eigenvalue weighted by atomic mass is 16.6. The minimum atomic E-state index is -0.545. The van der Waals surface area contributed by atoms with Crippen LogP contribution in [0.3, 0.4) is 0 Å². The first-order valence-corrected chi connectivity index (χ1v) is 4.54. The third kappa shape index (κ3) is 2.55. The Labute approximate surface area is 86.6 Å². The SMILES string of the molecule is CCCOC(=O)c1cc([N+](=O)[O-])cn1C. The average Bonchev–Trinajstić information content (AvgIpc) is 2.57. The van der Waals surface area contributed by atoms with Crippen molar-refractivity contribution in [2.45, 2.75) is 13.3 Å². The maximum absolute atomic E-state index is 11.4. The van der Waals surface area contributed by atoms with Crippen LogP contribution in [-0.4, -0.2) is 22.1 Å². The number of aryl methyl sites for hydroxylation is 1. The molecule has 0 bridgehead atoms. The van der Waals surface area contributed by atoms with Crippen molar-refractivity contribution in [1.29, 1.82) is 0 Å². The molecule has 0 N–H and O–H groups in total. The number of carbonyl (C=O) groups excluding carboxylic acids is 1. The van der Waals surface area contributed by atoms with Gasteiger partial charge in [0.1, 0.15) is 5.69 Å². The predicted molar refractivity (Wildman–Crippen MR) is 52.6 cm³/mol. The standard InChI is InChI=1S/C9H12N2O4/c1-3-4-15-9(12)8-5-7(11(13)14)6-10(8)2/h5-6H,3-4H2,1-2H3. The molecule has 15 heavy (non-hydrogen) atoms. The fraction of sp³-hybridized carbons (Fsp3) is 0.444. The lowest BCUT2D eigenvalue weighted by Gasteiger charge is -2.02. The molecule has 0 aliphatic rings. The number of carbonyl (C=O) groups is 1. The quantitative estimate of drug-likeness (QED) is 0.430. The van der Waals surface area contributed by atoms with E-state index in [4.69, 9.17) is 4.74 Å². The van der Waals surface area contributed by atoms with E-state index in [1.807, 2.05) is 6.92 Å². The molecule has 0 aromatic carbocycles. The first kappa shape index (κ1) is 11.2. The van der Waals surface area contributed by atoms with Gasteiger partial charge in [0.05, 0.1) is 17.7 Å². The number of esters is 1. The highest BCUT2D eigenvalue weighted by Crippen LogP contribution is 2.15. The van der Waals surface area contributed by atoms with Gasteiger partial charge < -0.3 is 9.30 Å². The van der Waals surface area contributed by atoms with Gasteiger partial charge in [0.15, 0.2) is 0 Å². The molecular weight excluding hydrogens is 200 g/mol. The fourth-order valence-corrected chi connectivity index (χ4v) is 1.12. The summed E-state index contributed by atoms with van der Waals surface area (Å²) >= 11 is 0.